The number of oxime groups is 1. The number of nitrogens with one attached hydrogen (secondary N) is 1. The molecule has 27 heavy (non-hydrogen) atoms. The topological polar surface area (TPSA) is 143 Å². The van der Waals surface area contributed by atoms with Gasteiger partial charge in [0.2, 0.25) is 0 Å². The molecule has 1 heterocycles. The normalized spacial score (nSPS) is 16.1. The van der Waals surface area contributed by atoms with Crippen molar-refractivity contribution in [2.24, 2.45) is 10.9 Å². The molecule has 2 rings (SSSR count). The fraction of sp³-hybridized carbons (Fsp3) is 0.529. The Bertz CT molecular complexity index is 736. The molecule has 0 unspecified atom stereocenters. The number of nitrogens with zero attached hydrogens (tertiary/aromatic N) is 3. The molecule has 1 aromatic rings. The van der Waals surface area contributed by atoms with E-state index in [1.807, 2.05) is 20.8 Å². The van der Waals surface area contributed by atoms with Crippen LogP contribution in [0.2, 0.25) is 0 Å². The number of benzene rings is 1. The van der Waals surface area contributed by atoms with Crippen molar-refractivity contribution in [2.45, 2.75) is 45.3 Å². The van der Waals surface area contributed by atoms with Crippen LogP contribution in [-0.4, -0.2) is 51.7 Å². The van der Waals surface area contributed by atoms with Gasteiger partial charge in [0.15, 0.2) is 5.84 Å². The number of hydrogen-bond donors (Lipinski definition) is 3. The molecule has 0 radical (unpaired) electrons. The van der Waals surface area contributed by atoms with E-state index in [4.69, 9.17) is 15.7 Å². The van der Waals surface area contributed by atoms with Crippen LogP contribution in [0, 0.1) is 10.1 Å². The van der Waals surface area contributed by atoms with Gasteiger partial charge in [0.05, 0.1) is 4.92 Å². The quantitative estimate of drug-likeness (QED) is 0.240. The number of anilines is 1. The average Bonchev–Trinajstić information content (AvgIpc) is 2.59. The molecular weight excluding hydrogens is 354 g/mol. The minimum Gasteiger partial charge on any atom is -0.444 e. The molecular formula is C17H25N5O5. The van der Waals surface area contributed by atoms with E-state index in [9.17, 15) is 14.9 Å². The van der Waals surface area contributed by atoms with Crippen molar-refractivity contribution < 1.29 is 19.7 Å². The van der Waals surface area contributed by atoms with Crippen molar-refractivity contribution in [3.63, 3.8) is 0 Å². The number of carbonyl (C=O) groups is 1. The van der Waals surface area contributed by atoms with Crippen LogP contribution in [0.25, 0.3) is 0 Å². The van der Waals surface area contributed by atoms with E-state index in [1.54, 1.807) is 4.90 Å². The zero-order valence-electron chi connectivity index (χ0n) is 15.6. The van der Waals surface area contributed by atoms with Crippen LogP contribution < -0.4 is 11.1 Å². The summed E-state index contributed by atoms with van der Waals surface area (Å²) in [5.41, 5.74) is 5.58. The third-order valence-corrected chi connectivity index (χ3v) is 4.10. The lowest BCUT2D eigenvalue weighted by molar-refractivity contribution is -0.384. The summed E-state index contributed by atoms with van der Waals surface area (Å²) in [6.45, 7) is 6.41. The zero-order valence-corrected chi connectivity index (χ0v) is 15.6. The lowest BCUT2D eigenvalue weighted by Crippen LogP contribution is -2.44. The standard InChI is InChI=1S/C17H25N5O5/c1-17(2,3)27-16(23)21-8-6-12(7-9-21)19-13-10-11(15(18)20-24)4-5-14(13)22(25)26/h4-5,10,12,19,24H,6-9H2,1-3H3,(H2,18,20). The van der Waals surface area contributed by atoms with Gasteiger partial charge in [-0.05, 0) is 45.7 Å². The summed E-state index contributed by atoms with van der Waals surface area (Å²) in [5, 5.41) is 26.1. The van der Waals surface area contributed by atoms with Gasteiger partial charge in [-0.2, -0.15) is 0 Å². The Morgan fingerprint density at radius 2 is 2.04 bits per heavy atom. The Kier molecular flexibility index (Phi) is 6.09. The summed E-state index contributed by atoms with van der Waals surface area (Å²) in [4.78, 5) is 24.5. The van der Waals surface area contributed by atoms with Gasteiger partial charge < -0.3 is 25.9 Å². The van der Waals surface area contributed by atoms with E-state index in [0.29, 0.717) is 37.2 Å². The molecule has 1 aromatic carbocycles. The molecule has 0 saturated carbocycles. The number of hydrogen-bond acceptors (Lipinski definition) is 7. The molecule has 1 aliphatic rings. The first kappa shape index (κ1) is 20.3. The van der Waals surface area contributed by atoms with Crippen LogP contribution in [0.5, 0.6) is 0 Å². The average molecular weight is 379 g/mol. The first-order valence-corrected chi connectivity index (χ1v) is 8.61. The molecule has 1 amide bonds. The largest absolute Gasteiger partial charge is 0.444 e. The lowest BCUT2D eigenvalue weighted by Gasteiger charge is -2.34. The summed E-state index contributed by atoms with van der Waals surface area (Å²) in [7, 11) is 0. The smallest absolute Gasteiger partial charge is 0.410 e. The Morgan fingerprint density at radius 3 is 2.56 bits per heavy atom. The maximum atomic E-state index is 12.1. The third-order valence-electron chi connectivity index (χ3n) is 4.10. The number of likely N-dealkylation sites (tertiary alicyclic amines) is 1. The Morgan fingerprint density at radius 1 is 1.41 bits per heavy atom. The molecule has 0 atom stereocenters. The molecule has 0 spiro atoms. The second-order valence-electron chi connectivity index (χ2n) is 7.36. The highest BCUT2D eigenvalue weighted by Gasteiger charge is 2.28. The summed E-state index contributed by atoms with van der Waals surface area (Å²) >= 11 is 0. The van der Waals surface area contributed by atoms with E-state index < -0.39 is 10.5 Å². The highest BCUT2D eigenvalue weighted by atomic mass is 16.6. The van der Waals surface area contributed by atoms with Crippen molar-refractivity contribution in [2.75, 3.05) is 18.4 Å². The number of nitro groups is 1. The lowest BCUT2D eigenvalue weighted by atomic mass is 10.0. The van der Waals surface area contributed by atoms with Crippen molar-refractivity contribution in [3.8, 4) is 0 Å². The molecule has 148 valence electrons. The van der Waals surface area contributed by atoms with Gasteiger partial charge in [0, 0.05) is 30.8 Å². The summed E-state index contributed by atoms with van der Waals surface area (Å²) < 4.78 is 5.36. The van der Waals surface area contributed by atoms with E-state index in [-0.39, 0.29) is 23.7 Å². The Labute approximate surface area is 157 Å². The van der Waals surface area contributed by atoms with Crippen molar-refractivity contribution in [1.82, 2.24) is 4.90 Å². The van der Waals surface area contributed by atoms with Gasteiger partial charge in [0.25, 0.3) is 5.69 Å². The SMILES string of the molecule is CC(C)(C)OC(=O)N1CCC(Nc2cc(C(N)=NO)ccc2[N+](=O)[O-])CC1. The Balaban J connectivity index is 2.06. The van der Waals surface area contributed by atoms with Crippen molar-refractivity contribution >= 4 is 23.3 Å². The third kappa shape index (κ3) is 5.47. The molecule has 0 aromatic heterocycles. The minimum atomic E-state index is -0.554. The van der Waals surface area contributed by atoms with Gasteiger partial charge in [-0.25, -0.2) is 4.79 Å². The summed E-state index contributed by atoms with van der Waals surface area (Å²) in [6, 6.07) is 4.16. The van der Waals surface area contributed by atoms with Crippen LogP contribution in [0.3, 0.4) is 0 Å². The number of amidine groups is 1. The fourth-order valence-corrected chi connectivity index (χ4v) is 2.78. The first-order valence-electron chi connectivity index (χ1n) is 8.61. The number of rotatable bonds is 4. The van der Waals surface area contributed by atoms with Crippen molar-refractivity contribution in [1.29, 1.82) is 0 Å². The van der Waals surface area contributed by atoms with E-state index in [2.05, 4.69) is 10.5 Å². The molecule has 0 bridgehead atoms. The summed E-state index contributed by atoms with van der Waals surface area (Å²) in [5.74, 6) is -0.132. The molecule has 10 nitrogen and oxygen atoms in total. The maximum Gasteiger partial charge on any atom is 0.410 e. The highest BCUT2D eigenvalue weighted by Crippen LogP contribution is 2.28. The van der Waals surface area contributed by atoms with Crippen LogP contribution >= 0.6 is 0 Å². The molecule has 10 heteroatoms. The van der Waals surface area contributed by atoms with Gasteiger partial charge in [0.1, 0.15) is 11.3 Å². The number of carbonyl (C=O) groups excluding carboxylic acids is 1. The predicted molar refractivity (Wildman–Crippen MR) is 100 cm³/mol. The minimum absolute atomic E-state index is 0.0510. The molecule has 1 aliphatic heterocycles. The van der Waals surface area contributed by atoms with Gasteiger partial charge in [-0.1, -0.05) is 5.16 Å². The first-order chi connectivity index (χ1) is 12.6. The van der Waals surface area contributed by atoms with E-state index in [0.717, 1.165) is 0 Å². The summed E-state index contributed by atoms with van der Waals surface area (Å²) in [6.07, 6.45) is 0.870. The Hall–Kier alpha value is -3.04. The van der Waals surface area contributed by atoms with Gasteiger partial charge >= 0.3 is 6.09 Å². The number of nitrogens with two attached hydrogens (primary N) is 1. The number of piperidine rings is 1. The van der Waals surface area contributed by atoms with Gasteiger partial charge in [-0.3, -0.25) is 10.1 Å². The molecule has 1 saturated heterocycles. The van der Waals surface area contributed by atoms with Crippen LogP contribution in [0.15, 0.2) is 23.4 Å². The van der Waals surface area contributed by atoms with E-state index in [1.165, 1.54) is 18.2 Å². The van der Waals surface area contributed by atoms with Crippen LogP contribution in [-0.2, 0) is 4.74 Å². The number of nitro benzene ring substituents is 1. The van der Waals surface area contributed by atoms with E-state index >= 15 is 0 Å². The van der Waals surface area contributed by atoms with Crippen molar-refractivity contribution in [3.05, 3.63) is 33.9 Å². The molecule has 1 fully saturated rings. The second-order valence-corrected chi connectivity index (χ2v) is 7.36. The van der Waals surface area contributed by atoms with Crippen LogP contribution in [0.1, 0.15) is 39.2 Å². The van der Waals surface area contributed by atoms with Gasteiger partial charge in [-0.15, -0.1) is 0 Å². The second kappa shape index (κ2) is 8.11. The highest BCUT2D eigenvalue weighted by molar-refractivity contribution is 5.98. The molecule has 4 N–H and O–H groups in total. The predicted octanol–water partition coefficient (Wildman–Crippen LogP) is 2.50. The monoisotopic (exact) mass is 379 g/mol. The zero-order chi connectivity index (χ0) is 20.2. The fourth-order valence-electron chi connectivity index (χ4n) is 2.78. The van der Waals surface area contributed by atoms with Crippen LogP contribution in [0.4, 0.5) is 16.2 Å². The number of ether oxygens (including phenoxy) is 1. The number of amides is 1. The molecule has 0 aliphatic carbocycles. The maximum absolute atomic E-state index is 12.1.